The summed E-state index contributed by atoms with van der Waals surface area (Å²) in [5.41, 5.74) is 3.19. The summed E-state index contributed by atoms with van der Waals surface area (Å²) in [6, 6.07) is 10.4. The zero-order valence-corrected chi connectivity index (χ0v) is 15.1. The number of anilines is 1. The van der Waals surface area contributed by atoms with Gasteiger partial charge in [-0.25, -0.2) is 4.79 Å². The molecule has 0 fully saturated rings. The Morgan fingerprint density at radius 2 is 2.00 bits per heavy atom. The smallest absolute Gasteiger partial charge is 0.319 e. The van der Waals surface area contributed by atoms with E-state index >= 15 is 0 Å². The van der Waals surface area contributed by atoms with Gasteiger partial charge >= 0.3 is 6.03 Å². The van der Waals surface area contributed by atoms with Crippen LogP contribution in [0.5, 0.6) is 5.75 Å². The van der Waals surface area contributed by atoms with Gasteiger partial charge in [-0.2, -0.15) is 5.10 Å². The van der Waals surface area contributed by atoms with E-state index in [0.29, 0.717) is 16.5 Å². The first-order chi connectivity index (χ1) is 12.6. The fraction of sp³-hybridized carbons (Fsp3) is 0.167. The fourth-order valence-electron chi connectivity index (χ4n) is 2.52. The molecule has 26 heavy (non-hydrogen) atoms. The molecule has 3 rings (SSSR count). The Kier molecular flexibility index (Phi) is 5.38. The molecule has 0 radical (unpaired) electrons. The van der Waals surface area contributed by atoms with Crippen molar-refractivity contribution < 1.29 is 9.53 Å². The minimum atomic E-state index is -0.373. The number of halogens is 1. The van der Waals surface area contributed by atoms with Crippen LogP contribution in [-0.4, -0.2) is 27.9 Å². The highest BCUT2D eigenvalue weighted by Gasteiger charge is 2.11. The monoisotopic (exact) mass is 371 g/mol. The third kappa shape index (κ3) is 4.12. The maximum atomic E-state index is 12.2. The van der Waals surface area contributed by atoms with Crippen LogP contribution in [0, 0.1) is 0 Å². The predicted octanol–water partition coefficient (Wildman–Crippen LogP) is 3.47. The molecule has 0 aliphatic rings. The molecule has 8 heteroatoms. The summed E-state index contributed by atoms with van der Waals surface area (Å²) in [5.74, 6) is 0.530. The lowest BCUT2D eigenvalue weighted by Crippen LogP contribution is -2.28. The zero-order valence-electron chi connectivity index (χ0n) is 14.4. The first-order valence-corrected chi connectivity index (χ1v) is 8.26. The number of carbonyl (C=O) groups excluding carboxylic acids is 1. The average Bonchev–Trinajstić information content (AvgIpc) is 3.02. The lowest BCUT2D eigenvalue weighted by molar-refractivity contribution is 0.251. The van der Waals surface area contributed by atoms with Crippen LogP contribution in [-0.2, 0) is 13.6 Å². The van der Waals surface area contributed by atoms with E-state index in [-0.39, 0.29) is 12.6 Å². The Labute approximate surface area is 156 Å². The summed E-state index contributed by atoms with van der Waals surface area (Å²) < 4.78 is 6.98. The molecule has 2 amide bonds. The second-order valence-electron chi connectivity index (χ2n) is 5.53. The van der Waals surface area contributed by atoms with Crippen LogP contribution in [0.25, 0.3) is 11.3 Å². The summed E-state index contributed by atoms with van der Waals surface area (Å²) in [6.45, 7) is 0.285. The Morgan fingerprint density at radius 1 is 1.23 bits per heavy atom. The number of nitrogens with zero attached hydrogens (tertiary/aromatic N) is 3. The van der Waals surface area contributed by atoms with Crippen LogP contribution >= 0.6 is 11.6 Å². The van der Waals surface area contributed by atoms with Crippen molar-refractivity contribution >= 4 is 23.3 Å². The fourth-order valence-corrected chi connectivity index (χ4v) is 2.69. The van der Waals surface area contributed by atoms with Crippen LogP contribution in [0.15, 0.2) is 48.8 Å². The third-order valence-corrected chi connectivity index (χ3v) is 3.98. The topological polar surface area (TPSA) is 81.1 Å². The first-order valence-electron chi connectivity index (χ1n) is 7.88. The first kappa shape index (κ1) is 17.8. The maximum absolute atomic E-state index is 12.2. The van der Waals surface area contributed by atoms with Gasteiger partial charge in [-0.3, -0.25) is 9.67 Å². The van der Waals surface area contributed by atoms with Crippen molar-refractivity contribution in [2.45, 2.75) is 6.54 Å². The number of methoxy groups -OCH3 is 1. The average molecular weight is 372 g/mol. The number of hydrogen-bond acceptors (Lipinski definition) is 4. The van der Waals surface area contributed by atoms with Gasteiger partial charge in [-0.05, 0) is 36.4 Å². The van der Waals surface area contributed by atoms with E-state index in [1.54, 1.807) is 35.3 Å². The van der Waals surface area contributed by atoms with E-state index in [0.717, 1.165) is 17.0 Å². The van der Waals surface area contributed by atoms with Crippen LogP contribution in [0.3, 0.4) is 0 Å². The number of rotatable bonds is 5. The molecule has 0 saturated heterocycles. The molecule has 1 aromatic carbocycles. The molecule has 2 aromatic heterocycles. The van der Waals surface area contributed by atoms with Crippen LogP contribution < -0.4 is 15.4 Å². The molecule has 0 aliphatic carbocycles. The van der Waals surface area contributed by atoms with E-state index < -0.39 is 0 Å². The molecule has 0 bridgehead atoms. The van der Waals surface area contributed by atoms with Crippen molar-refractivity contribution in [3.63, 3.8) is 0 Å². The molecular formula is C18H18ClN5O2. The molecule has 7 nitrogen and oxygen atoms in total. The molecule has 3 aromatic rings. The molecular weight excluding hydrogens is 354 g/mol. The maximum Gasteiger partial charge on any atom is 0.319 e. The van der Waals surface area contributed by atoms with Crippen molar-refractivity contribution in [3.05, 3.63) is 59.5 Å². The van der Waals surface area contributed by atoms with Gasteiger partial charge in [-0.15, -0.1) is 0 Å². The number of carbonyl (C=O) groups is 1. The molecule has 0 aliphatic heterocycles. The van der Waals surface area contributed by atoms with Gasteiger partial charge in [0.2, 0.25) is 0 Å². The standard InChI is InChI=1S/C18H18ClN5O2/c1-24-16(12-5-7-20-8-6-12)10-14(23-24)11-21-18(25)22-15-9-13(19)3-4-17(15)26-2/h3-10H,11H2,1-2H3,(H2,21,22,25). The van der Waals surface area contributed by atoms with E-state index in [9.17, 15) is 4.79 Å². The highest BCUT2D eigenvalue weighted by molar-refractivity contribution is 6.31. The van der Waals surface area contributed by atoms with E-state index in [2.05, 4.69) is 20.7 Å². The summed E-state index contributed by atoms with van der Waals surface area (Å²) in [6.07, 6.45) is 3.46. The number of aromatic nitrogens is 3. The van der Waals surface area contributed by atoms with E-state index in [1.807, 2.05) is 25.2 Å². The Balaban J connectivity index is 1.65. The van der Waals surface area contributed by atoms with Gasteiger partial charge in [0.1, 0.15) is 5.75 Å². The van der Waals surface area contributed by atoms with Crippen molar-refractivity contribution in [1.29, 1.82) is 0 Å². The van der Waals surface area contributed by atoms with Crippen molar-refractivity contribution in [1.82, 2.24) is 20.1 Å². The minimum Gasteiger partial charge on any atom is -0.495 e. The number of pyridine rings is 1. The number of amides is 2. The minimum absolute atomic E-state index is 0.285. The number of urea groups is 1. The Hall–Kier alpha value is -3.06. The summed E-state index contributed by atoms with van der Waals surface area (Å²) >= 11 is 5.96. The normalized spacial score (nSPS) is 10.4. The van der Waals surface area contributed by atoms with Crippen molar-refractivity contribution in [3.8, 4) is 17.0 Å². The third-order valence-electron chi connectivity index (χ3n) is 3.75. The van der Waals surface area contributed by atoms with Gasteiger partial charge < -0.3 is 15.4 Å². The molecule has 0 spiro atoms. The SMILES string of the molecule is COc1ccc(Cl)cc1NC(=O)NCc1cc(-c2ccncc2)n(C)n1. The lowest BCUT2D eigenvalue weighted by Gasteiger charge is -2.11. The highest BCUT2D eigenvalue weighted by atomic mass is 35.5. The number of nitrogens with one attached hydrogen (secondary N) is 2. The Bertz CT molecular complexity index is 911. The van der Waals surface area contributed by atoms with E-state index in [4.69, 9.17) is 16.3 Å². The molecule has 134 valence electrons. The molecule has 2 N–H and O–H groups in total. The number of hydrogen-bond donors (Lipinski definition) is 2. The van der Waals surface area contributed by atoms with Gasteiger partial charge in [0, 0.05) is 30.0 Å². The highest BCUT2D eigenvalue weighted by Crippen LogP contribution is 2.27. The molecule has 0 unspecified atom stereocenters. The number of ether oxygens (including phenoxy) is 1. The van der Waals surface area contributed by atoms with Crippen molar-refractivity contribution in [2.24, 2.45) is 7.05 Å². The van der Waals surface area contributed by atoms with Crippen LogP contribution in [0.2, 0.25) is 5.02 Å². The second kappa shape index (κ2) is 7.88. The summed E-state index contributed by atoms with van der Waals surface area (Å²) in [4.78, 5) is 16.2. The number of benzene rings is 1. The quantitative estimate of drug-likeness (QED) is 0.719. The van der Waals surface area contributed by atoms with Gasteiger partial charge in [0.25, 0.3) is 0 Å². The summed E-state index contributed by atoms with van der Waals surface area (Å²) in [5, 5.41) is 10.4. The molecule has 0 atom stereocenters. The van der Waals surface area contributed by atoms with Gasteiger partial charge in [0.05, 0.1) is 30.7 Å². The van der Waals surface area contributed by atoms with Crippen LogP contribution in [0.4, 0.5) is 10.5 Å². The van der Waals surface area contributed by atoms with Crippen molar-refractivity contribution in [2.75, 3.05) is 12.4 Å². The molecule has 0 saturated carbocycles. The van der Waals surface area contributed by atoms with Gasteiger partial charge in [0.15, 0.2) is 0 Å². The predicted molar refractivity (Wildman–Crippen MR) is 100 cm³/mol. The molecule has 2 heterocycles. The number of aryl methyl sites for hydroxylation is 1. The lowest BCUT2D eigenvalue weighted by atomic mass is 10.2. The van der Waals surface area contributed by atoms with Gasteiger partial charge in [-0.1, -0.05) is 11.6 Å². The van der Waals surface area contributed by atoms with Crippen LogP contribution in [0.1, 0.15) is 5.69 Å². The largest absolute Gasteiger partial charge is 0.495 e. The van der Waals surface area contributed by atoms with E-state index in [1.165, 1.54) is 7.11 Å². The Morgan fingerprint density at radius 3 is 2.73 bits per heavy atom. The summed E-state index contributed by atoms with van der Waals surface area (Å²) in [7, 11) is 3.39. The zero-order chi connectivity index (χ0) is 18.5. The second-order valence-corrected chi connectivity index (χ2v) is 5.97.